The highest BCUT2D eigenvalue weighted by molar-refractivity contribution is 5.36. The van der Waals surface area contributed by atoms with Crippen LogP contribution in [0, 0.1) is 11.3 Å². The molecule has 130 valence electrons. The van der Waals surface area contributed by atoms with Gasteiger partial charge in [-0.05, 0) is 70.4 Å². The third-order valence-corrected chi connectivity index (χ3v) is 6.59. The molecule has 23 heavy (non-hydrogen) atoms. The molecule has 1 N–H and O–H groups in total. The summed E-state index contributed by atoms with van der Waals surface area (Å²) in [6, 6.07) is 0. The smallest absolute Gasteiger partial charge is 0.0980 e. The molecule has 0 amide bonds. The molecular formula is C20H32O3. The maximum atomic E-state index is 11.1. The second-order valence-corrected chi connectivity index (χ2v) is 8.61. The maximum Gasteiger partial charge on any atom is 0.0980 e. The van der Waals surface area contributed by atoms with Gasteiger partial charge >= 0.3 is 0 Å². The first-order valence-corrected chi connectivity index (χ1v) is 9.04. The van der Waals surface area contributed by atoms with Crippen molar-refractivity contribution in [1.82, 2.24) is 0 Å². The van der Waals surface area contributed by atoms with Crippen molar-refractivity contribution in [3.05, 3.63) is 24.3 Å². The van der Waals surface area contributed by atoms with Crippen molar-refractivity contribution in [3.8, 4) is 0 Å². The molecule has 4 atom stereocenters. The van der Waals surface area contributed by atoms with E-state index in [1.54, 1.807) is 0 Å². The molecule has 0 aromatic heterocycles. The number of ether oxygens (including phenoxy) is 2. The van der Waals surface area contributed by atoms with Crippen LogP contribution >= 0.6 is 0 Å². The Bertz CT molecular complexity index is 523. The molecule has 3 aliphatic rings. The minimum absolute atomic E-state index is 0.0454. The lowest BCUT2D eigenvalue weighted by Crippen LogP contribution is -2.57. The van der Waals surface area contributed by atoms with Gasteiger partial charge in [-0.2, -0.15) is 0 Å². The fourth-order valence-electron chi connectivity index (χ4n) is 5.42. The standard InChI is InChI=1S/C20H32O3/c1-6-9-19(21)11-16(13-22-7-2)20-12-15(17(3,4)23-20)8-10-18(20,5)14-19/h6,11,15,21H,1,7-10,12-14H2,2-5H3/t15-,18-,19+,20+/m1/s1. The second-order valence-electron chi connectivity index (χ2n) is 8.61. The summed E-state index contributed by atoms with van der Waals surface area (Å²) in [7, 11) is 0. The summed E-state index contributed by atoms with van der Waals surface area (Å²) in [5.41, 5.74) is -0.0977. The monoisotopic (exact) mass is 320 g/mol. The van der Waals surface area contributed by atoms with Gasteiger partial charge in [0.2, 0.25) is 0 Å². The Hall–Kier alpha value is -0.640. The third-order valence-electron chi connectivity index (χ3n) is 6.59. The second kappa shape index (κ2) is 5.44. The third kappa shape index (κ3) is 2.52. The van der Waals surface area contributed by atoms with Crippen molar-refractivity contribution in [1.29, 1.82) is 0 Å². The number of aliphatic hydroxyl groups is 1. The van der Waals surface area contributed by atoms with E-state index in [1.165, 1.54) is 6.42 Å². The van der Waals surface area contributed by atoms with E-state index in [4.69, 9.17) is 9.47 Å². The molecule has 1 spiro atoms. The molecule has 1 heterocycles. The van der Waals surface area contributed by atoms with Crippen molar-refractivity contribution in [3.63, 3.8) is 0 Å². The highest BCUT2D eigenvalue weighted by Gasteiger charge is 2.66. The van der Waals surface area contributed by atoms with Crippen molar-refractivity contribution in [2.24, 2.45) is 11.3 Å². The average molecular weight is 320 g/mol. The first-order chi connectivity index (χ1) is 10.7. The Morgan fingerprint density at radius 3 is 2.83 bits per heavy atom. The first-order valence-electron chi connectivity index (χ1n) is 9.04. The summed E-state index contributed by atoms with van der Waals surface area (Å²) in [6.45, 7) is 13.8. The Kier molecular flexibility index (Phi) is 4.06. The van der Waals surface area contributed by atoms with E-state index in [0.29, 0.717) is 25.6 Å². The number of hydrogen-bond donors (Lipinski definition) is 1. The summed E-state index contributed by atoms with van der Waals surface area (Å²) in [6.07, 6.45) is 8.52. The molecule has 2 bridgehead atoms. The molecule has 1 saturated carbocycles. The van der Waals surface area contributed by atoms with Gasteiger partial charge in [-0.15, -0.1) is 6.58 Å². The molecule has 1 saturated heterocycles. The lowest BCUT2D eigenvalue weighted by molar-refractivity contribution is -0.156. The Morgan fingerprint density at radius 1 is 1.43 bits per heavy atom. The summed E-state index contributed by atoms with van der Waals surface area (Å²) in [4.78, 5) is 0. The van der Waals surface area contributed by atoms with Crippen LogP contribution in [0.15, 0.2) is 24.3 Å². The molecule has 0 aromatic rings. The highest BCUT2D eigenvalue weighted by atomic mass is 16.5. The van der Waals surface area contributed by atoms with Gasteiger partial charge in [-0.3, -0.25) is 0 Å². The lowest BCUT2D eigenvalue weighted by Gasteiger charge is -2.55. The summed E-state index contributed by atoms with van der Waals surface area (Å²) in [5, 5.41) is 11.1. The van der Waals surface area contributed by atoms with Gasteiger partial charge in [0.1, 0.15) is 0 Å². The van der Waals surface area contributed by atoms with Gasteiger partial charge in [0.05, 0.1) is 23.4 Å². The molecule has 0 radical (unpaired) electrons. The fourth-order valence-corrected chi connectivity index (χ4v) is 5.42. The maximum absolute atomic E-state index is 11.1. The normalized spacial score (nSPS) is 44.6. The number of rotatable bonds is 5. The van der Waals surface area contributed by atoms with Crippen LogP contribution in [0.5, 0.6) is 0 Å². The van der Waals surface area contributed by atoms with Crippen molar-refractivity contribution < 1.29 is 14.6 Å². The molecule has 3 heteroatoms. The Labute approximate surface area is 140 Å². The van der Waals surface area contributed by atoms with Crippen LogP contribution in [0.4, 0.5) is 0 Å². The van der Waals surface area contributed by atoms with E-state index < -0.39 is 5.60 Å². The van der Waals surface area contributed by atoms with Crippen molar-refractivity contribution in [2.45, 2.75) is 76.6 Å². The van der Waals surface area contributed by atoms with Crippen LogP contribution < -0.4 is 0 Å². The van der Waals surface area contributed by atoms with E-state index in [1.807, 2.05) is 19.1 Å². The topological polar surface area (TPSA) is 38.7 Å². The summed E-state index contributed by atoms with van der Waals surface area (Å²) in [5.74, 6) is 0.589. The lowest BCUT2D eigenvalue weighted by atomic mass is 9.53. The van der Waals surface area contributed by atoms with Gasteiger partial charge in [0.25, 0.3) is 0 Å². The van der Waals surface area contributed by atoms with Gasteiger partial charge in [-0.25, -0.2) is 0 Å². The Balaban J connectivity index is 2.07. The quantitative estimate of drug-likeness (QED) is 0.778. The van der Waals surface area contributed by atoms with Gasteiger partial charge < -0.3 is 14.6 Å². The average Bonchev–Trinajstić information content (AvgIpc) is 2.68. The summed E-state index contributed by atoms with van der Waals surface area (Å²) >= 11 is 0. The van der Waals surface area contributed by atoms with E-state index in [-0.39, 0.29) is 16.6 Å². The molecule has 3 rings (SSSR count). The van der Waals surface area contributed by atoms with Crippen LogP contribution in [0.2, 0.25) is 0 Å². The molecular weight excluding hydrogens is 288 g/mol. The van der Waals surface area contributed by atoms with E-state index in [9.17, 15) is 5.11 Å². The van der Waals surface area contributed by atoms with E-state index in [2.05, 4.69) is 27.4 Å². The molecule has 1 aliphatic heterocycles. The number of hydrogen-bond acceptors (Lipinski definition) is 3. The van der Waals surface area contributed by atoms with Crippen LogP contribution in [-0.4, -0.2) is 35.1 Å². The predicted octanol–water partition coefficient (Wildman–Crippen LogP) is 4.01. The van der Waals surface area contributed by atoms with Gasteiger partial charge in [0, 0.05) is 12.0 Å². The van der Waals surface area contributed by atoms with Crippen molar-refractivity contribution in [2.75, 3.05) is 13.2 Å². The molecule has 0 unspecified atom stereocenters. The fraction of sp³-hybridized carbons (Fsp3) is 0.800. The highest BCUT2D eigenvalue weighted by Crippen LogP contribution is 2.65. The van der Waals surface area contributed by atoms with Gasteiger partial charge in [0.15, 0.2) is 0 Å². The predicted molar refractivity (Wildman–Crippen MR) is 92.3 cm³/mol. The Morgan fingerprint density at radius 2 is 2.17 bits per heavy atom. The first kappa shape index (κ1) is 17.2. The minimum Gasteiger partial charge on any atom is -0.385 e. The van der Waals surface area contributed by atoms with Crippen LogP contribution in [0.25, 0.3) is 0 Å². The van der Waals surface area contributed by atoms with Crippen LogP contribution in [0.1, 0.15) is 59.8 Å². The van der Waals surface area contributed by atoms with Crippen LogP contribution in [0.3, 0.4) is 0 Å². The van der Waals surface area contributed by atoms with Crippen LogP contribution in [-0.2, 0) is 9.47 Å². The van der Waals surface area contributed by atoms with E-state index >= 15 is 0 Å². The number of fused-ring (bicyclic) bond motifs is 1. The van der Waals surface area contributed by atoms with Gasteiger partial charge in [-0.1, -0.05) is 13.0 Å². The SMILES string of the molecule is C=CC[C@]1(O)C=C(COCC)[C@@]23C[C@@H](CC[C@]2(C)C1)C(C)(C)O3. The van der Waals surface area contributed by atoms with Crippen molar-refractivity contribution >= 4 is 0 Å². The zero-order valence-corrected chi connectivity index (χ0v) is 15.2. The van der Waals surface area contributed by atoms with E-state index in [0.717, 1.165) is 24.8 Å². The molecule has 2 fully saturated rings. The zero-order valence-electron chi connectivity index (χ0n) is 15.2. The largest absolute Gasteiger partial charge is 0.385 e. The summed E-state index contributed by atoms with van der Waals surface area (Å²) < 4.78 is 12.5. The zero-order chi connectivity index (χ0) is 16.9. The molecule has 2 aliphatic carbocycles. The minimum atomic E-state index is -0.822. The molecule has 0 aromatic carbocycles. The molecule has 3 nitrogen and oxygen atoms in total.